The van der Waals surface area contributed by atoms with Gasteiger partial charge >= 0.3 is 0 Å². The Hall–Kier alpha value is -3.59. The monoisotopic (exact) mass is 471 g/mol. The van der Waals surface area contributed by atoms with E-state index in [1.165, 1.54) is 26.3 Å². The molecule has 0 spiro atoms. The van der Waals surface area contributed by atoms with Gasteiger partial charge in [-0.25, -0.2) is 12.8 Å². The van der Waals surface area contributed by atoms with Crippen LogP contribution in [0, 0.1) is 5.82 Å². The van der Waals surface area contributed by atoms with E-state index in [1.54, 1.807) is 67.5 Å². The van der Waals surface area contributed by atoms with Gasteiger partial charge in [-0.1, -0.05) is 30.3 Å². The van der Waals surface area contributed by atoms with Crippen LogP contribution in [0.25, 0.3) is 11.1 Å². The Morgan fingerprint density at radius 1 is 1.00 bits per heavy atom. The average Bonchev–Trinajstić information content (AvgIpc) is 2.77. The highest BCUT2D eigenvalue weighted by atomic mass is 32.2. The summed E-state index contributed by atoms with van der Waals surface area (Å²) in [6, 6.07) is 16.0. The first-order valence-corrected chi connectivity index (χ1v) is 11.9. The minimum Gasteiger partial charge on any atom is -0.495 e. The predicted octanol–water partition coefficient (Wildman–Crippen LogP) is 4.22. The third kappa shape index (κ3) is 5.09. The molecule has 0 radical (unpaired) electrons. The fourth-order valence-corrected chi connectivity index (χ4v) is 3.99. The van der Waals surface area contributed by atoms with Gasteiger partial charge in [-0.15, -0.1) is 0 Å². The van der Waals surface area contributed by atoms with Gasteiger partial charge in [0.2, 0.25) is 10.0 Å². The van der Waals surface area contributed by atoms with Crippen molar-refractivity contribution < 1.29 is 22.3 Å². The first kappa shape index (κ1) is 24.1. The SMILES string of the molecule is COc1cccc(C(=O)Nc2cc(-c3ccccc3F)ccc2N(C)S(C)(=O)=O)c1N(C)C. The van der Waals surface area contributed by atoms with E-state index in [0.29, 0.717) is 28.1 Å². The molecule has 0 heterocycles. The maximum Gasteiger partial charge on any atom is 0.257 e. The third-order valence-corrected chi connectivity index (χ3v) is 6.37. The number of nitrogens with zero attached hydrogens (tertiary/aromatic N) is 2. The number of anilines is 3. The summed E-state index contributed by atoms with van der Waals surface area (Å²) in [5.74, 6) is -0.380. The van der Waals surface area contributed by atoms with Crippen LogP contribution >= 0.6 is 0 Å². The Labute approximate surface area is 193 Å². The lowest BCUT2D eigenvalue weighted by atomic mass is 10.0. The Balaban J connectivity index is 2.13. The van der Waals surface area contributed by atoms with Crippen molar-refractivity contribution >= 4 is 33.0 Å². The van der Waals surface area contributed by atoms with Crippen molar-refractivity contribution in [2.75, 3.05) is 49.0 Å². The Kier molecular flexibility index (Phi) is 6.92. The van der Waals surface area contributed by atoms with E-state index in [1.807, 2.05) is 0 Å². The lowest BCUT2D eigenvalue weighted by Crippen LogP contribution is -2.27. The molecular formula is C24H26FN3O4S. The summed E-state index contributed by atoms with van der Waals surface area (Å²) in [7, 11) is 2.86. The molecule has 33 heavy (non-hydrogen) atoms. The minimum atomic E-state index is -3.62. The zero-order valence-electron chi connectivity index (χ0n) is 19.1. The number of benzene rings is 3. The maximum absolute atomic E-state index is 14.4. The predicted molar refractivity (Wildman–Crippen MR) is 130 cm³/mol. The van der Waals surface area contributed by atoms with Gasteiger partial charge in [-0.05, 0) is 35.9 Å². The van der Waals surface area contributed by atoms with Crippen LogP contribution in [0.2, 0.25) is 0 Å². The molecule has 3 aromatic carbocycles. The van der Waals surface area contributed by atoms with Crippen molar-refractivity contribution in [3.05, 3.63) is 72.0 Å². The number of sulfonamides is 1. The van der Waals surface area contributed by atoms with E-state index in [-0.39, 0.29) is 11.4 Å². The number of amides is 1. The van der Waals surface area contributed by atoms with Crippen molar-refractivity contribution in [3.63, 3.8) is 0 Å². The highest BCUT2D eigenvalue weighted by Crippen LogP contribution is 2.35. The molecule has 0 aliphatic carbocycles. The van der Waals surface area contributed by atoms with E-state index in [4.69, 9.17) is 4.74 Å². The summed E-state index contributed by atoms with van der Waals surface area (Å²) >= 11 is 0. The van der Waals surface area contributed by atoms with Gasteiger partial charge in [-0.2, -0.15) is 0 Å². The number of carbonyl (C=O) groups excluding carboxylic acids is 1. The molecule has 0 aromatic heterocycles. The maximum atomic E-state index is 14.4. The molecule has 1 N–H and O–H groups in total. The molecule has 0 bridgehead atoms. The fraction of sp³-hybridized carbons (Fsp3) is 0.208. The molecule has 0 unspecified atom stereocenters. The molecule has 0 saturated carbocycles. The largest absolute Gasteiger partial charge is 0.495 e. The normalized spacial score (nSPS) is 11.1. The van der Waals surface area contributed by atoms with Crippen LogP contribution in [0.15, 0.2) is 60.7 Å². The van der Waals surface area contributed by atoms with Crippen LogP contribution in [0.1, 0.15) is 10.4 Å². The van der Waals surface area contributed by atoms with Crippen molar-refractivity contribution in [2.24, 2.45) is 0 Å². The highest BCUT2D eigenvalue weighted by Gasteiger charge is 2.22. The zero-order valence-corrected chi connectivity index (χ0v) is 19.9. The van der Waals surface area contributed by atoms with Crippen LogP contribution in [-0.4, -0.2) is 48.8 Å². The Morgan fingerprint density at radius 3 is 2.30 bits per heavy atom. The summed E-state index contributed by atoms with van der Waals surface area (Å²) < 4.78 is 45.3. The molecule has 9 heteroatoms. The highest BCUT2D eigenvalue weighted by molar-refractivity contribution is 7.92. The molecule has 3 rings (SSSR count). The van der Waals surface area contributed by atoms with E-state index in [2.05, 4.69) is 5.32 Å². The lowest BCUT2D eigenvalue weighted by molar-refractivity contribution is 0.102. The number of rotatable bonds is 7. The average molecular weight is 472 g/mol. The fourth-order valence-electron chi connectivity index (χ4n) is 3.47. The van der Waals surface area contributed by atoms with Crippen LogP contribution in [0.3, 0.4) is 0 Å². The van der Waals surface area contributed by atoms with Gasteiger partial charge in [0, 0.05) is 26.7 Å². The molecule has 0 saturated heterocycles. The van der Waals surface area contributed by atoms with Crippen LogP contribution in [0.4, 0.5) is 21.5 Å². The van der Waals surface area contributed by atoms with Gasteiger partial charge < -0.3 is 15.0 Å². The molecule has 1 amide bonds. The van der Waals surface area contributed by atoms with Crippen LogP contribution in [0.5, 0.6) is 5.75 Å². The van der Waals surface area contributed by atoms with Gasteiger partial charge in [0.05, 0.1) is 36.0 Å². The molecule has 3 aromatic rings. The van der Waals surface area contributed by atoms with Crippen LogP contribution < -0.4 is 19.3 Å². The second kappa shape index (κ2) is 9.50. The van der Waals surface area contributed by atoms with Crippen molar-refractivity contribution in [1.29, 1.82) is 0 Å². The second-order valence-corrected chi connectivity index (χ2v) is 9.66. The topological polar surface area (TPSA) is 79.0 Å². The minimum absolute atomic E-state index is 0.223. The standard InChI is InChI=1S/C24H26FN3O4S/c1-27(2)23-18(10-8-12-22(23)32-4)24(29)26-20-15-16(17-9-6-7-11-19(17)25)13-14-21(20)28(3)33(5,30)31/h6-15H,1-5H3,(H,26,29). The first-order chi connectivity index (χ1) is 15.5. The molecule has 0 aliphatic rings. The van der Waals surface area contributed by atoms with E-state index >= 15 is 0 Å². The van der Waals surface area contributed by atoms with Gasteiger partial charge in [0.1, 0.15) is 11.6 Å². The number of nitrogens with one attached hydrogen (secondary N) is 1. The van der Waals surface area contributed by atoms with E-state index in [0.717, 1.165) is 10.6 Å². The zero-order chi connectivity index (χ0) is 24.3. The Morgan fingerprint density at radius 2 is 1.70 bits per heavy atom. The van der Waals surface area contributed by atoms with Crippen LogP contribution in [-0.2, 0) is 10.0 Å². The van der Waals surface area contributed by atoms with Crippen molar-refractivity contribution in [3.8, 4) is 16.9 Å². The van der Waals surface area contributed by atoms with Gasteiger partial charge in [-0.3, -0.25) is 9.10 Å². The number of hydrogen-bond donors (Lipinski definition) is 1. The molecule has 174 valence electrons. The molecule has 0 fully saturated rings. The summed E-state index contributed by atoms with van der Waals surface area (Å²) in [6.07, 6.45) is 1.07. The summed E-state index contributed by atoms with van der Waals surface area (Å²) in [4.78, 5) is 15.1. The summed E-state index contributed by atoms with van der Waals surface area (Å²) in [6.45, 7) is 0. The molecule has 7 nitrogen and oxygen atoms in total. The van der Waals surface area contributed by atoms with Gasteiger partial charge in [0.15, 0.2) is 0 Å². The molecule has 0 atom stereocenters. The lowest BCUT2D eigenvalue weighted by Gasteiger charge is -2.23. The number of ether oxygens (including phenoxy) is 1. The smallest absolute Gasteiger partial charge is 0.257 e. The van der Waals surface area contributed by atoms with Gasteiger partial charge in [0.25, 0.3) is 5.91 Å². The number of hydrogen-bond acceptors (Lipinski definition) is 5. The second-order valence-electron chi connectivity index (χ2n) is 7.65. The van der Waals surface area contributed by atoms with E-state index < -0.39 is 21.7 Å². The number of methoxy groups -OCH3 is 1. The summed E-state index contributed by atoms with van der Waals surface area (Å²) in [5, 5.41) is 2.81. The van der Waals surface area contributed by atoms with Crippen molar-refractivity contribution in [1.82, 2.24) is 0 Å². The van der Waals surface area contributed by atoms with Crippen molar-refractivity contribution in [2.45, 2.75) is 0 Å². The number of para-hydroxylation sites is 1. The quantitative estimate of drug-likeness (QED) is 0.558. The summed E-state index contributed by atoms with van der Waals surface area (Å²) in [5.41, 5.74) is 2.20. The van der Waals surface area contributed by atoms with E-state index in [9.17, 15) is 17.6 Å². The molecular weight excluding hydrogens is 445 g/mol. The first-order valence-electron chi connectivity index (χ1n) is 10.0. The third-order valence-electron chi connectivity index (χ3n) is 5.18. The Bertz CT molecular complexity index is 1290. The number of halogens is 1. The molecule has 0 aliphatic heterocycles. The number of carbonyl (C=O) groups is 1.